The molecule has 0 aromatic heterocycles. The number of rotatable bonds is 2. The highest BCUT2D eigenvalue weighted by Gasteiger charge is 2.46. The Hall–Kier alpha value is -1.02. The van der Waals surface area contributed by atoms with Crippen molar-refractivity contribution in [2.24, 2.45) is 11.8 Å². The van der Waals surface area contributed by atoms with Gasteiger partial charge in [0.2, 0.25) is 0 Å². The highest BCUT2D eigenvalue weighted by atomic mass is 15.3. The molecule has 2 nitrogen and oxygen atoms in total. The maximum Gasteiger partial charge on any atom is 0.0402 e. The Morgan fingerprint density at radius 3 is 2.15 bits per heavy atom. The largest absolute Gasteiger partial charge is 0.368 e. The predicted molar refractivity (Wildman–Crippen MR) is 112 cm³/mol. The average molecular weight is 365 g/mol. The predicted octanol–water partition coefficient (Wildman–Crippen LogP) is 5.40. The lowest BCUT2D eigenvalue weighted by Crippen LogP contribution is -2.61. The van der Waals surface area contributed by atoms with Crippen molar-refractivity contribution in [3.05, 3.63) is 29.8 Å². The number of hydrogen-bond donors (Lipinski definition) is 0. The molecule has 3 heterocycles. The fraction of sp³-hybridized carbons (Fsp3) is 0.760. The zero-order valence-corrected chi connectivity index (χ0v) is 16.9. The maximum absolute atomic E-state index is 3.10. The summed E-state index contributed by atoms with van der Waals surface area (Å²) < 4.78 is 0. The highest BCUT2D eigenvalue weighted by Crippen LogP contribution is 2.47. The molecule has 2 saturated carbocycles. The lowest BCUT2D eigenvalue weighted by atomic mass is 9.68. The van der Waals surface area contributed by atoms with Crippen molar-refractivity contribution in [1.82, 2.24) is 4.90 Å². The van der Waals surface area contributed by atoms with Crippen LogP contribution in [0.1, 0.15) is 76.2 Å². The summed E-state index contributed by atoms with van der Waals surface area (Å²) in [5, 5.41) is 0. The van der Waals surface area contributed by atoms with Gasteiger partial charge in [-0.1, -0.05) is 43.9 Å². The van der Waals surface area contributed by atoms with E-state index in [1.807, 2.05) is 0 Å². The van der Waals surface area contributed by atoms with Crippen LogP contribution in [0.2, 0.25) is 0 Å². The second-order valence-corrected chi connectivity index (χ2v) is 10.4. The van der Waals surface area contributed by atoms with Gasteiger partial charge in [-0.05, 0) is 74.8 Å². The SMILES string of the molecule is c1ccc2c(c1)CCN2C1C[C@H]2CCC[C@@H](C1)N2C1C[C@H]2CCC[C@@H](C1)C2. The fourth-order valence-electron chi connectivity index (χ4n) is 7.92. The van der Waals surface area contributed by atoms with Crippen molar-refractivity contribution in [2.75, 3.05) is 11.4 Å². The van der Waals surface area contributed by atoms with E-state index < -0.39 is 0 Å². The van der Waals surface area contributed by atoms with E-state index >= 15 is 0 Å². The summed E-state index contributed by atoms with van der Waals surface area (Å²) in [5.41, 5.74) is 3.14. The minimum atomic E-state index is 0.795. The second-order valence-electron chi connectivity index (χ2n) is 10.4. The van der Waals surface area contributed by atoms with Crippen molar-refractivity contribution >= 4 is 5.69 Å². The molecular formula is C25H36N2. The number of benzene rings is 1. The first-order valence-electron chi connectivity index (χ1n) is 12.0. The Bertz CT molecular complexity index is 659. The van der Waals surface area contributed by atoms with Crippen molar-refractivity contribution in [2.45, 2.75) is 101 Å². The molecule has 0 radical (unpaired) electrons. The summed E-state index contributed by atoms with van der Waals surface area (Å²) in [6.07, 6.45) is 17.7. The summed E-state index contributed by atoms with van der Waals surface area (Å²) in [4.78, 5) is 5.90. The quantitative estimate of drug-likeness (QED) is 0.693. The van der Waals surface area contributed by atoms with Gasteiger partial charge in [-0.25, -0.2) is 0 Å². The van der Waals surface area contributed by atoms with Crippen LogP contribution in [0.4, 0.5) is 5.69 Å². The molecule has 27 heavy (non-hydrogen) atoms. The lowest BCUT2D eigenvalue weighted by molar-refractivity contribution is -0.0408. The fourth-order valence-corrected chi connectivity index (χ4v) is 7.92. The molecular weight excluding hydrogens is 328 g/mol. The van der Waals surface area contributed by atoms with Crippen LogP contribution in [0.15, 0.2) is 24.3 Å². The number of nitrogens with zero attached hydrogens (tertiary/aromatic N) is 2. The van der Waals surface area contributed by atoms with Gasteiger partial charge in [-0.2, -0.15) is 0 Å². The standard InChI is InChI=1S/C25H36N2/c1-2-10-25-20(7-1)11-12-26(25)23-16-21-8-4-9-22(17-23)27(21)24-14-18-5-3-6-19(13-18)15-24/h1-2,7,10,18-19,21-24H,3-6,8-9,11-17H2/t18-,19+,21-,22+,23?,24?. The van der Waals surface area contributed by atoms with Gasteiger partial charge in [-0.3, -0.25) is 4.90 Å². The molecule has 1 aromatic carbocycles. The van der Waals surface area contributed by atoms with Gasteiger partial charge in [0.05, 0.1) is 0 Å². The van der Waals surface area contributed by atoms with Crippen LogP contribution >= 0.6 is 0 Å². The topological polar surface area (TPSA) is 6.48 Å². The Morgan fingerprint density at radius 2 is 1.37 bits per heavy atom. The van der Waals surface area contributed by atoms with Crippen molar-refractivity contribution in [3.8, 4) is 0 Å². The van der Waals surface area contributed by atoms with Crippen LogP contribution < -0.4 is 4.90 Å². The van der Waals surface area contributed by atoms with E-state index in [2.05, 4.69) is 34.1 Å². The van der Waals surface area contributed by atoms with E-state index in [4.69, 9.17) is 0 Å². The van der Waals surface area contributed by atoms with Gasteiger partial charge >= 0.3 is 0 Å². The maximum atomic E-state index is 3.10. The molecule has 4 bridgehead atoms. The highest BCUT2D eigenvalue weighted by molar-refractivity contribution is 5.58. The molecule has 146 valence electrons. The molecule has 0 N–H and O–H groups in total. The van der Waals surface area contributed by atoms with E-state index in [0.29, 0.717) is 0 Å². The van der Waals surface area contributed by atoms with E-state index in [1.165, 1.54) is 77.2 Å². The molecule has 3 aliphatic heterocycles. The van der Waals surface area contributed by atoms with Gasteiger partial charge in [0, 0.05) is 36.4 Å². The van der Waals surface area contributed by atoms with Gasteiger partial charge < -0.3 is 4.90 Å². The number of anilines is 1. The molecule has 0 amide bonds. The molecule has 2 aliphatic carbocycles. The third kappa shape index (κ3) is 2.94. The molecule has 2 unspecified atom stereocenters. The van der Waals surface area contributed by atoms with Crippen molar-refractivity contribution < 1.29 is 0 Å². The van der Waals surface area contributed by atoms with Crippen LogP contribution in [0.25, 0.3) is 0 Å². The van der Waals surface area contributed by atoms with Gasteiger partial charge in [0.1, 0.15) is 0 Å². The Labute approximate surface area is 165 Å². The molecule has 6 atom stereocenters. The molecule has 6 rings (SSSR count). The smallest absolute Gasteiger partial charge is 0.0402 e. The van der Waals surface area contributed by atoms with E-state index in [-0.39, 0.29) is 0 Å². The first-order chi connectivity index (χ1) is 13.3. The van der Waals surface area contributed by atoms with Crippen LogP contribution in [0.3, 0.4) is 0 Å². The van der Waals surface area contributed by atoms with Gasteiger partial charge in [0.25, 0.3) is 0 Å². The van der Waals surface area contributed by atoms with Crippen LogP contribution in [-0.2, 0) is 6.42 Å². The van der Waals surface area contributed by atoms with Crippen LogP contribution in [-0.4, -0.2) is 35.6 Å². The summed E-state index contributed by atoms with van der Waals surface area (Å²) >= 11 is 0. The van der Waals surface area contributed by atoms with Crippen molar-refractivity contribution in [3.63, 3.8) is 0 Å². The third-order valence-electron chi connectivity index (χ3n) is 8.89. The monoisotopic (exact) mass is 364 g/mol. The van der Waals surface area contributed by atoms with Crippen molar-refractivity contribution in [1.29, 1.82) is 0 Å². The summed E-state index contributed by atoms with van der Waals surface area (Å²) in [6.45, 7) is 1.26. The van der Waals surface area contributed by atoms with Gasteiger partial charge in [0.15, 0.2) is 0 Å². The first-order valence-corrected chi connectivity index (χ1v) is 12.0. The molecule has 1 aromatic rings. The van der Waals surface area contributed by atoms with E-state index in [1.54, 1.807) is 17.7 Å². The van der Waals surface area contributed by atoms with E-state index in [9.17, 15) is 0 Å². The number of piperidine rings is 2. The average Bonchev–Trinajstić information content (AvgIpc) is 3.11. The summed E-state index contributed by atoms with van der Waals surface area (Å²) in [6, 6.07) is 12.7. The zero-order chi connectivity index (χ0) is 17.8. The van der Waals surface area contributed by atoms with Crippen LogP contribution in [0, 0.1) is 11.8 Å². The lowest BCUT2D eigenvalue weighted by Gasteiger charge is -2.56. The molecule has 2 heteroatoms. The minimum Gasteiger partial charge on any atom is -0.368 e. The molecule has 5 aliphatic rings. The second kappa shape index (κ2) is 6.79. The summed E-state index contributed by atoms with van der Waals surface area (Å²) in [7, 11) is 0. The number of fused-ring (bicyclic) bond motifs is 5. The molecule has 2 saturated heterocycles. The van der Waals surface area contributed by atoms with E-state index in [0.717, 1.165) is 36.0 Å². The minimum absolute atomic E-state index is 0.795. The Morgan fingerprint density at radius 1 is 0.667 bits per heavy atom. The number of para-hydroxylation sites is 1. The third-order valence-corrected chi connectivity index (χ3v) is 8.89. The number of hydrogen-bond acceptors (Lipinski definition) is 2. The normalized spacial score (nSPS) is 41.4. The van der Waals surface area contributed by atoms with Gasteiger partial charge in [-0.15, -0.1) is 0 Å². The molecule has 0 spiro atoms. The van der Waals surface area contributed by atoms with Crippen LogP contribution in [0.5, 0.6) is 0 Å². The summed E-state index contributed by atoms with van der Waals surface area (Å²) in [5.74, 6) is 2.12. The first kappa shape index (κ1) is 16.9. The Balaban J connectivity index is 1.21. The molecule has 4 fully saturated rings. The zero-order valence-electron chi connectivity index (χ0n) is 16.9. The Kier molecular flexibility index (Phi) is 4.25.